The molecular weight excluding hydrogens is 481 g/mol. The van der Waals surface area contributed by atoms with E-state index in [9.17, 15) is 18.0 Å². The van der Waals surface area contributed by atoms with Gasteiger partial charge in [-0.1, -0.05) is 35.0 Å². The molecule has 1 aliphatic rings. The highest BCUT2D eigenvalue weighted by Crippen LogP contribution is 2.44. The summed E-state index contributed by atoms with van der Waals surface area (Å²) in [6.07, 6.45) is 0.487. The minimum absolute atomic E-state index is 0.0672. The highest BCUT2D eigenvalue weighted by Gasteiger charge is 2.57. The van der Waals surface area contributed by atoms with Crippen LogP contribution in [0, 0.1) is 11.8 Å². The largest absolute Gasteiger partial charge is 0.497 e. The summed E-state index contributed by atoms with van der Waals surface area (Å²) in [7, 11) is -2.71. The lowest BCUT2D eigenvalue weighted by molar-refractivity contribution is -0.120. The predicted octanol–water partition coefficient (Wildman–Crippen LogP) is 4.68. The van der Waals surface area contributed by atoms with Gasteiger partial charge in [-0.05, 0) is 67.1 Å². The lowest BCUT2D eigenvalue weighted by atomic mass is 10.1. The van der Waals surface area contributed by atoms with Crippen LogP contribution in [0.1, 0.15) is 24.8 Å². The van der Waals surface area contributed by atoms with E-state index in [4.69, 9.17) is 27.9 Å². The normalized spacial score (nSPS) is 18.3. The number of carbonyl (C=O) groups excluding carboxylic acids is 2. The fraction of sp³-hybridized carbons (Fsp3) is 0.238. The molecule has 1 atom stereocenters. The number of imide groups is 1. The minimum atomic E-state index is -4.17. The maximum absolute atomic E-state index is 13.3. The van der Waals surface area contributed by atoms with Crippen molar-refractivity contribution in [3.8, 4) is 17.6 Å². The summed E-state index contributed by atoms with van der Waals surface area (Å²) in [5.41, 5.74) is 0.554. The van der Waals surface area contributed by atoms with Crippen LogP contribution >= 0.6 is 35.0 Å². The van der Waals surface area contributed by atoms with Crippen molar-refractivity contribution in [1.29, 1.82) is 0 Å². The van der Waals surface area contributed by atoms with Crippen molar-refractivity contribution in [2.75, 3.05) is 7.11 Å². The van der Waals surface area contributed by atoms with E-state index in [1.165, 1.54) is 31.4 Å². The molecule has 1 saturated heterocycles. The molecule has 1 fully saturated rings. The molecule has 1 N–H and O–H groups in total. The van der Waals surface area contributed by atoms with Gasteiger partial charge in [0.25, 0.3) is 11.1 Å². The van der Waals surface area contributed by atoms with E-state index < -0.39 is 25.1 Å². The summed E-state index contributed by atoms with van der Waals surface area (Å²) in [5.74, 6) is 5.43. The van der Waals surface area contributed by atoms with Crippen LogP contribution in [0.15, 0.2) is 47.4 Å². The number of thioether (sulfide) groups is 1. The summed E-state index contributed by atoms with van der Waals surface area (Å²) in [4.78, 5) is 24.4. The van der Waals surface area contributed by atoms with Crippen LogP contribution < -0.4 is 10.1 Å². The number of hydrogen-bond acceptors (Lipinski definition) is 6. The van der Waals surface area contributed by atoms with Crippen molar-refractivity contribution >= 4 is 55.9 Å². The van der Waals surface area contributed by atoms with Crippen LogP contribution in [0.25, 0.3) is 0 Å². The SMILES string of the molecule is COc1ccc(S(=O)(=O)C2(CCCC#Cc3cc(Cl)ccc3Cl)SC(=O)NC2=O)cc1. The third kappa shape index (κ3) is 4.85. The number of nitrogens with one attached hydrogen (secondary N) is 1. The molecule has 10 heteroatoms. The van der Waals surface area contributed by atoms with Crippen molar-refractivity contribution in [3.63, 3.8) is 0 Å². The molecule has 2 amide bonds. The summed E-state index contributed by atoms with van der Waals surface area (Å²) in [6, 6.07) is 10.6. The van der Waals surface area contributed by atoms with E-state index in [0.717, 1.165) is 0 Å². The van der Waals surface area contributed by atoms with Crippen LogP contribution in [-0.2, 0) is 14.6 Å². The topological polar surface area (TPSA) is 89.5 Å². The van der Waals surface area contributed by atoms with Crippen molar-refractivity contribution in [1.82, 2.24) is 5.32 Å². The Balaban J connectivity index is 1.82. The summed E-state index contributed by atoms with van der Waals surface area (Å²) >= 11 is 12.5. The summed E-state index contributed by atoms with van der Waals surface area (Å²) in [5, 5.41) is 2.35. The lowest BCUT2D eigenvalue weighted by Crippen LogP contribution is -2.43. The Morgan fingerprint density at radius 3 is 2.45 bits per heavy atom. The number of unbranched alkanes of at least 4 members (excludes halogenated alkanes) is 1. The van der Waals surface area contributed by atoms with Crippen molar-refractivity contribution in [2.24, 2.45) is 0 Å². The predicted molar refractivity (Wildman–Crippen MR) is 121 cm³/mol. The van der Waals surface area contributed by atoms with Gasteiger partial charge < -0.3 is 4.74 Å². The van der Waals surface area contributed by atoms with E-state index in [1.807, 2.05) is 0 Å². The zero-order chi connectivity index (χ0) is 22.6. The number of rotatable bonds is 6. The van der Waals surface area contributed by atoms with Crippen LogP contribution in [-0.4, -0.2) is 30.8 Å². The zero-order valence-electron chi connectivity index (χ0n) is 16.3. The molecule has 0 bridgehead atoms. The first kappa shape index (κ1) is 23.5. The Morgan fingerprint density at radius 1 is 1.13 bits per heavy atom. The number of halogens is 2. The van der Waals surface area contributed by atoms with Gasteiger partial charge in [-0.3, -0.25) is 14.9 Å². The van der Waals surface area contributed by atoms with E-state index in [0.29, 0.717) is 39.5 Å². The standard InChI is InChI=1S/C21H17Cl2NO5S2/c1-29-16-7-9-17(10-8-16)31(27,28)21(19(25)24-20(26)30-21)12-4-2-3-5-14-13-15(22)6-11-18(14)23/h6-11,13H,2,4,12H2,1H3,(H,24,25,26). The van der Waals surface area contributed by atoms with Gasteiger partial charge in [-0.15, -0.1) is 0 Å². The monoisotopic (exact) mass is 497 g/mol. The summed E-state index contributed by atoms with van der Waals surface area (Å²) < 4.78 is 29.8. The average molecular weight is 498 g/mol. The molecule has 0 aliphatic carbocycles. The van der Waals surface area contributed by atoms with Gasteiger partial charge >= 0.3 is 0 Å². The molecule has 1 aliphatic heterocycles. The van der Waals surface area contributed by atoms with Crippen molar-refractivity contribution in [2.45, 2.75) is 28.2 Å². The second-order valence-electron chi connectivity index (χ2n) is 6.56. The molecule has 0 radical (unpaired) electrons. The Kier molecular flexibility index (Phi) is 7.22. The van der Waals surface area contributed by atoms with Gasteiger partial charge in [0, 0.05) is 17.0 Å². The number of benzene rings is 2. The molecule has 1 heterocycles. The fourth-order valence-electron chi connectivity index (χ4n) is 2.99. The molecule has 0 saturated carbocycles. The number of sulfone groups is 1. The molecule has 0 spiro atoms. The second kappa shape index (κ2) is 9.53. The molecule has 31 heavy (non-hydrogen) atoms. The summed E-state index contributed by atoms with van der Waals surface area (Å²) in [6.45, 7) is 0. The molecule has 1 unspecified atom stereocenters. The zero-order valence-corrected chi connectivity index (χ0v) is 19.4. The van der Waals surface area contributed by atoms with Gasteiger partial charge in [-0.25, -0.2) is 8.42 Å². The third-order valence-corrected chi connectivity index (χ3v) is 9.21. The van der Waals surface area contributed by atoms with Crippen molar-refractivity contribution < 1.29 is 22.7 Å². The molecule has 162 valence electrons. The number of carbonyl (C=O) groups is 2. The number of methoxy groups -OCH3 is 1. The first-order valence-electron chi connectivity index (χ1n) is 9.06. The smallest absolute Gasteiger partial charge is 0.287 e. The minimum Gasteiger partial charge on any atom is -0.497 e. The van der Waals surface area contributed by atoms with Gasteiger partial charge in [0.1, 0.15) is 5.75 Å². The molecular formula is C21H17Cl2NO5S2. The molecule has 2 aromatic carbocycles. The highest BCUT2D eigenvalue weighted by atomic mass is 35.5. The van der Waals surface area contributed by atoms with Gasteiger partial charge in [-0.2, -0.15) is 0 Å². The first-order chi connectivity index (χ1) is 14.7. The molecule has 0 aromatic heterocycles. The fourth-order valence-corrected chi connectivity index (χ4v) is 6.70. The second-order valence-corrected chi connectivity index (χ2v) is 11.1. The Morgan fingerprint density at radius 2 is 1.84 bits per heavy atom. The van der Waals surface area contributed by atoms with Crippen molar-refractivity contribution in [3.05, 3.63) is 58.1 Å². The lowest BCUT2D eigenvalue weighted by Gasteiger charge is -2.24. The van der Waals surface area contributed by atoms with Crippen LogP contribution in [0.3, 0.4) is 0 Å². The van der Waals surface area contributed by atoms with E-state index in [1.54, 1.807) is 18.2 Å². The van der Waals surface area contributed by atoms with E-state index >= 15 is 0 Å². The maximum Gasteiger partial charge on any atom is 0.287 e. The number of hydrogen-bond donors (Lipinski definition) is 1. The molecule has 6 nitrogen and oxygen atoms in total. The quantitative estimate of drug-likeness (QED) is 0.460. The number of ether oxygens (including phenoxy) is 1. The first-order valence-corrected chi connectivity index (χ1v) is 12.1. The maximum atomic E-state index is 13.3. The van der Waals surface area contributed by atoms with Gasteiger partial charge in [0.2, 0.25) is 13.9 Å². The van der Waals surface area contributed by atoms with Crippen LogP contribution in [0.5, 0.6) is 5.75 Å². The Hall–Kier alpha value is -2.18. The third-order valence-electron chi connectivity index (χ3n) is 4.58. The van der Waals surface area contributed by atoms with E-state index in [2.05, 4.69) is 17.2 Å². The highest BCUT2D eigenvalue weighted by molar-refractivity contribution is 8.25. The Labute approximate surface area is 194 Å². The molecule has 2 aromatic rings. The number of amides is 2. The van der Waals surface area contributed by atoms with Crippen LogP contribution in [0.2, 0.25) is 10.0 Å². The van der Waals surface area contributed by atoms with Crippen LogP contribution in [0.4, 0.5) is 4.79 Å². The van der Waals surface area contributed by atoms with Gasteiger partial charge in [0.05, 0.1) is 17.0 Å². The Bertz CT molecular complexity index is 1190. The molecule has 3 rings (SSSR count). The van der Waals surface area contributed by atoms with Gasteiger partial charge in [0.15, 0.2) is 0 Å². The van der Waals surface area contributed by atoms with E-state index in [-0.39, 0.29) is 17.7 Å². The average Bonchev–Trinajstić information content (AvgIpc) is 3.04.